The molecule has 2 aliphatic rings. The molecule has 1 saturated heterocycles. The van der Waals surface area contributed by atoms with E-state index in [9.17, 15) is 0 Å². The zero-order valence-corrected chi connectivity index (χ0v) is 11.4. The molecule has 3 rings (SSSR count). The lowest BCUT2D eigenvalue weighted by Crippen LogP contribution is -2.41. The van der Waals surface area contributed by atoms with E-state index < -0.39 is 0 Å². The number of nitrogens with two attached hydrogens (primary N) is 1. The zero-order valence-electron chi connectivity index (χ0n) is 11.4. The highest BCUT2D eigenvalue weighted by Crippen LogP contribution is 2.42. The topological polar surface area (TPSA) is 44.5 Å². The lowest BCUT2D eigenvalue weighted by molar-refractivity contribution is -0.0803. The Morgan fingerprint density at radius 1 is 1.16 bits per heavy atom. The van der Waals surface area contributed by atoms with Crippen LogP contribution in [0.3, 0.4) is 0 Å². The molecule has 1 aromatic rings. The van der Waals surface area contributed by atoms with Crippen LogP contribution in [0.5, 0.6) is 5.75 Å². The van der Waals surface area contributed by atoms with Crippen molar-refractivity contribution in [1.29, 1.82) is 0 Å². The Morgan fingerprint density at radius 3 is 2.53 bits per heavy atom. The molecule has 1 aliphatic heterocycles. The Labute approximate surface area is 115 Å². The highest BCUT2D eigenvalue weighted by molar-refractivity contribution is 5.40. The summed E-state index contributed by atoms with van der Waals surface area (Å²) in [4.78, 5) is 0. The summed E-state index contributed by atoms with van der Waals surface area (Å²) in [6, 6.07) is 8.43. The molecule has 1 aliphatic carbocycles. The van der Waals surface area contributed by atoms with Crippen molar-refractivity contribution < 1.29 is 9.47 Å². The molecule has 3 heteroatoms. The van der Waals surface area contributed by atoms with Gasteiger partial charge in [0.25, 0.3) is 0 Å². The van der Waals surface area contributed by atoms with Crippen molar-refractivity contribution in [2.45, 2.75) is 43.6 Å². The van der Waals surface area contributed by atoms with Gasteiger partial charge in [0.2, 0.25) is 0 Å². The van der Waals surface area contributed by atoms with Gasteiger partial charge in [0.15, 0.2) is 0 Å². The molecule has 0 amide bonds. The minimum Gasteiger partial charge on any atom is -0.485 e. The maximum absolute atomic E-state index is 6.14. The van der Waals surface area contributed by atoms with Crippen LogP contribution >= 0.6 is 0 Å². The summed E-state index contributed by atoms with van der Waals surface area (Å²) in [6.07, 6.45) is 6.48. The Bertz CT molecular complexity index is 423. The molecule has 1 aromatic carbocycles. The summed E-state index contributed by atoms with van der Waals surface area (Å²) in [5.41, 5.74) is 7.57. The second-order valence-electron chi connectivity index (χ2n) is 5.82. The van der Waals surface area contributed by atoms with E-state index in [-0.39, 0.29) is 11.5 Å². The van der Waals surface area contributed by atoms with Crippen LogP contribution in [0.4, 0.5) is 0 Å². The number of rotatable bonds is 4. The summed E-state index contributed by atoms with van der Waals surface area (Å²) in [5, 5.41) is 0. The van der Waals surface area contributed by atoms with E-state index in [2.05, 4.69) is 18.2 Å². The van der Waals surface area contributed by atoms with Crippen LogP contribution in [-0.4, -0.2) is 25.9 Å². The molecule has 1 heterocycles. The number of hydrogen-bond donors (Lipinski definition) is 1. The number of benzene rings is 1. The summed E-state index contributed by atoms with van der Waals surface area (Å²) in [6.45, 7) is 2.14. The second kappa shape index (κ2) is 5.51. The Morgan fingerprint density at radius 2 is 1.89 bits per heavy atom. The zero-order chi connectivity index (χ0) is 13.1. The van der Waals surface area contributed by atoms with Gasteiger partial charge < -0.3 is 15.2 Å². The standard InChI is InChI=1S/C16H23NO2/c17-12-16(8-4-1-5-9-16)14-6-2-3-7-15(14)19-13-10-18-11-13/h2-3,6-7,13H,1,4-5,8-12,17H2. The highest BCUT2D eigenvalue weighted by Gasteiger charge is 2.35. The fourth-order valence-corrected chi connectivity index (χ4v) is 3.28. The quantitative estimate of drug-likeness (QED) is 0.906. The maximum Gasteiger partial charge on any atom is 0.145 e. The summed E-state index contributed by atoms with van der Waals surface area (Å²) in [7, 11) is 0. The third-order valence-electron chi connectivity index (χ3n) is 4.56. The van der Waals surface area contributed by atoms with Crippen molar-refractivity contribution in [3.63, 3.8) is 0 Å². The van der Waals surface area contributed by atoms with Crippen molar-refractivity contribution in [2.24, 2.45) is 5.73 Å². The first-order valence-electron chi connectivity index (χ1n) is 7.38. The third kappa shape index (κ3) is 2.49. The van der Waals surface area contributed by atoms with E-state index in [0.29, 0.717) is 19.8 Å². The fraction of sp³-hybridized carbons (Fsp3) is 0.625. The van der Waals surface area contributed by atoms with E-state index in [4.69, 9.17) is 15.2 Å². The predicted molar refractivity (Wildman–Crippen MR) is 75.5 cm³/mol. The fourth-order valence-electron chi connectivity index (χ4n) is 3.28. The van der Waals surface area contributed by atoms with Crippen molar-refractivity contribution in [3.05, 3.63) is 29.8 Å². The minimum absolute atomic E-state index is 0.124. The maximum atomic E-state index is 6.14. The SMILES string of the molecule is NCC1(c2ccccc2OC2COC2)CCCCC1. The number of para-hydroxylation sites is 1. The van der Waals surface area contributed by atoms with Crippen LogP contribution in [0.15, 0.2) is 24.3 Å². The van der Waals surface area contributed by atoms with Gasteiger partial charge in [-0.15, -0.1) is 0 Å². The Hall–Kier alpha value is -1.06. The van der Waals surface area contributed by atoms with E-state index in [0.717, 1.165) is 5.75 Å². The molecule has 0 aromatic heterocycles. The average Bonchev–Trinajstić information content (AvgIpc) is 2.44. The van der Waals surface area contributed by atoms with Crippen molar-refractivity contribution in [1.82, 2.24) is 0 Å². The van der Waals surface area contributed by atoms with E-state index in [1.54, 1.807) is 0 Å². The van der Waals surface area contributed by atoms with Gasteiger partial charge in [-0.1, -0.05) is 37.5 Å². The molecule has 0 spiro atoms. The molecule has 0 atom stereocenters. The summed E-state index contributed by atoms with van der Waals surface area (Å²) < 4.78 is 11.3. The van der Waals surface area contributed by atoms with Crippen LogP contribution < -0.4 is 10.5 Å². The lowest BCUT2D eigenvalue weighted by Gasteiger charge is -2.38. The van der Waals surface area contributed by atoms with E-state index in [1.807, 2.05) is 6.07 Å². The van der Waals surface area contributed by atoms with Gasteiger partial charge in [-0.05, 0) is 18.9 Å². The first kappa shape index (κ1) is 12.9. The number of ether oxygens (including phenoxy) is 2. The van der Waals surface area contributed by atoms with Crippen LogP contribution in [0.1, 0.15) is 37.7 Å². The van der Waals surface area contributed by atoms with Gasteiger partial charge in [0.05, 0.1) is 13.2 Å². The van der Waals surface area contributed by atoms with Crippen LogP contribution in [0.25, 0.3) is 0 Å². The van der Waals surface area contributed by atoms with Crippen LogP contribution in [-0.2, 0) is 10.2 Å². The van der Waals surface area contributed by atoms with Gasteiger partial charge in [-0.3, -0.25) is 0 Å². The molecule has 0 bridgehead atoms. The molecular weight excluding hydrogens is 238 g/mol. The molecule has 2 N–H and O–H groups in total. The van der Waals surface area contributed by atoms with Gasteiger partial charge in [-0.2, -0.15) is 0 Å². The smallest absolute Gasteiger partial charge is 0.145 e. The van der Waals surface area contributed by atoms with Gasteiger partial charge in [0, 0.05) is 17.5 Å². The highest BCUT2D eigenvalue weighted by atomic mass is 16.6. The molecule has 19 heavy (non-hydrogen) atoms. The molecule has 0 unspecified atom stereocenters. The molecule has 0 radical (unpaired) electrons. The Kier molecular flexibility index (Phi) is 3.76. The van der Waals surface area contributed by atoms with Crippen molar-refractivity contribution in [3.8, 4) is 5.75 Å². The monoisotopic (exact) mass is 261 g/mol. The minimum atomic E-state index is 0.124. The van der Waals surface area contributed by atoms with Gasteiger partial charge in [-0.25, -0.2) is 0 Å². The van der Waals surface area contributed by atoms with Crippen molar-refractivity contribution >= 4 is 0 Å². The largest absolute Gasteiger partial charge is 0.485 e. The molecular formula is C16H23NO2. The van der Waals surface area contributed by atoms with Crippen LogP contribution in [0, 0.1) is 0 Å². The first-order chi connectivity index (χ1) is 9.34. The summed E-state index contributed by atoms with van der Waals surface area (Å²) >= 11 is 0. The molecule has 2 fully saturated rings. The number of hydrogen-bond acceptors (Lipinski definition) is 3. The second-order valence-corrected chi connectivity index (χ2v) is 5.82. The molecule has 1 saturated carbocycles. The van der Waals surface area contributed by atoms with Crippen molar-refractivity contribution in [2.75, 3.05) is 19.8 Å². The molecule has 104 valence electrons. The average molecular weight is 261 g/mol. The third-order valence-corrected chi connectivity index (χ3v) is 4.56. The van der Waals surface area contributed by atoms with Gasteiger partial charge in [0.1, 0.15) is 11.9 Å². The first-order valence-corrected chi connectivity index (χ1v) is 7.38. The van der Waals surface area contributed by atoms with Crippen LogP contribution in [0.2, 0.25) is 0 Å². The van der Waals surface area contributed by atoms with Gasteiger partial charge >= 0.3 is 0 Å². The van der Waals surface area contributed by atoms with E-state index >= 15 is 0 Å². The van der Waals surface area contributed by atoms with E-state index in [1.165, 1.54) is 37.7 Å². The normalized spacial score (nSPS) is 22.8. The molecule has 3 nitrogen and oxygen atoms in total. The predicted octanol–water partition coefficient (Wildman–Crippen LogP) is 2.62. The Balaban J connectivity index is 1.88. The summed E-state index contributed by atoms with van der Waals surface area (Å²) in [5.74, 6) is 1.02. The lowest BCUT2D eigenvalue weighted by atomic mass is 9.69.